The van der Waals surface area contributed by atoms with E-state index >= 15 is 0 Å². The Bertz CT molecular complexity index is 342. The lowest BCUT2D eigenvalue weighted by Gasteiger charge is -2.19. The minimum atomic E-state index is -0.337. The fourth-order valence-electron chi connectivity index (χ4n) is 1.59. The van der Waals surface area contributed by atoms with E-state index in [1.54, 1.807) is 6.34 Å². The van der Waals surface area contributed by atoms with E-state index in [9.17, 15) is 4.79 Å². The van der Waals surface area contributed by atoms with Crippen molar-refractivity contribution in [1.82, 2.24) is 5.32 Å². The highest BCUT2D eigenvalue weighted by Crippen LogP contribution is 2.46. The number of aliphatic imine (C=N–C) groups is 1. The topological polar surface area (TPSA) is 41.5 Å². The highest BCUT2D eigenvalue weighted by Gasteiger charge is 2.40. The molecule has 0 radical (unpaired) electrons. The Morgan fingerprint density at radius 1 is 1.71 bits per heavy atom. The molecule has 0 saturated heterocycles. The Labute approximate surface area is 95.9 Å². The van der Waals surface area contributed by atoms with Crippen LogP contribution in [0, 0.1) is 5.92 Å². The number of carbonyl (C=O) groups is 1. The molecule has 0 spiro atoms. The molecule has 0 aromatic rings. The molecule has 2 aliphatic heterocycles. The van der Waals surface area contributed by atoms with Crippen LogP contribution < -0.4 is 5.32 Å². The van der Waals surface area contributed by atoms with Crippen LogP contribution in [-0.4, -0.2) is 22.3 Å². The molecule has 76 valence electrons. The second-order valence-electron chi connectivity index (χ2n) is 3.18. The van der Waals surface area contributed by atoms with Gasteiger partial charge in [0.1, 0.15) is 10.5 Å². The van der Waals surface area contributed by atoms with Crippen molar-refractivity contribution in [2.24, 2.45) is 10.9 Å². The normalized spacial score (nSPS) is 35.5. The summed E-state index contributed by atoms with van der Waals surface area (Å²) in [5.41, 5.74) is 0.698. The van der Waals surface area contributed by atoms with Crippen LogP contribution in [0.3, 0.4) is 0 Å². The highest BCUT2D eigenvalue weighted by molar-refractivity contribution is 8.04. The van der Waals surface area contributed by atoms with Gasteiger partial charge in [-0.05, 0) is 11.6 Å². The van der Waals surface area contributed by atoms with E-state index in [0.29, 0.717) is 0 Å². The van der Waals surface area contributed by atoms with Crippen molar-refractivity contribution < 1.29 is 4.79 Å². The number of hydrogen-bond donors (Lipinski definition) is 1. The number of thioether (sulfide) groups is 1. The van der Waals surface area contributed by atoms with Crippen molar-refractivity contribution in [3.8, 4) is 0 Å². The third-order valence-corrected chi connectivity index (χ3v) is 4.50. The van der Waals surface area contributed by atoms with Gasteiger partial charge in [0.05, 0.1) is 11.6 Å². The molecule has 1 N–H and O–H groups in total. The van der Waals surface area contributed by atoms with E-state index < -0.39 is 0 Å². The molecule has 14 heavy (non-hydrogen) atoms. The third kappa shape index (κ3) is 1.55. The molecular formula is C8H8Cl2N2OS. The van der Waals surface area contributed by atoms with Crippen molar-refractivity contribution in [1.29, 1.82) is 0 Å². The van der Waals surface area contributed by atoms with E-state index in [1.165, 1.54) is 11.8 Å². The summed E-state index contributed by atoms with van der Waals surface area (Å²) in [6.07, 6.45) is 1.55. The lowest BCUT2D eigenvalue weighted by Crippen LogP contribution is -2.31. The van der Waals surface area contributed by atoms with E-state index in [-0.39, 0.29) is 21.9 Å². The molecule has 3 atom stereocenters. The summed E-state index contributed by atoms with van der Waals surface area (Å²) in [5.74, 6) is 0.0486. The number of nitrogens with zero attached hydrogens (tertiary/aromatic N) is 1. The largest absolute Gasteiger partial charge is 0.357 e. The number of alkyl halides is 1. The van der Waals surface area contributed by atoms with Crippen molar-refractivity contribution in [2.75, 3.05) is 0 Å². The van der Waals surface area contributed by atoms with E-state index in [2.05, 4.69) is 10.3 Å². The summed E-state index contributed by atoms with van der Waals surface area (Å²) in [4.78, 5) is 15.2. The van der Waals surface area contributed by atoms with Crippen LogP contribution in [0.5, 0.6) is 0 Å². The predicted octanol–water partition coefficient (Wildman–Crippen LogP) is 1.91. The first-order chi connectivity index (χ1) is 6.61. The quantitative estimate of drug-likeness (QED) is 0.439. The van der Waals surface area contributed by atoms with Gasteiger partial charge in [0.2, 0.25) is 5.24 Å². The molecule has 3 unspecified atom stereocenters. The molecule has 0 fully saturated rings. The molecule has 0 saturated carbocycles. The zero-order valence-corrected chi connectivity index (χ0v) is 9.66. The van der Waals surface area contributed by atoms with Crippen LogP contribution in [0.4, 0.5) is 0 Å². The Morgan fingerprint density at radius 3 is 3.00 bits per heavy atom. The average molecular weight is 251 g/mol. The van der Waals surface area contributed by atoms with Gasteiger partial charge >= 0.3 is 0 Å². The molecule has 2 aliphatic rings. The van der Waals surface area contributed by atoms with Gasteiger partial charge in [-0.15, -0.1) is 0 Å². The highest BCUT2D eigenvalue weighted by atomic mass is 35.5. The molecule has 3 nitrogen and oxygen atoms in total. The summed E-state index contributed by atoms with van der Waals surface area (Å²) < 4.78 is 0. The minimum absolute atomic E-state index is 0.0486. The summed E-state index contributed by atoms with van der Waals surface area (Å²) in [7, 11) is 0. The molecule has 6 heteroatoms. The van der Waals surface area contributed by atoms with Crippen molar-refractivity contribution in [3.05, 3.63) is 10.6 Å². The number of nitrogens with one attached hydrogen (secondary N) is 1. The van der Waals surface area contributed by atoms with E-state index in [4.69, 9.17) is 23.2 Å². The summed E-state index contributed by atoms with van der Waals surface area (Å²) in [6, 6.07) is 0. The Morgan fingerprint density at radius 2 is 2.43 bits per heavy atom. The Kier molecular flexibility index (Phi) is 2.77. The van der Waals surface area contributed by atoms with Crippen LogP contribution in [-0.2, 0) is 4.79 Å². The Balaban J connectivity index is 2.29. The van der Waals surface area contributed by atoms with Crippen molar-refractivity contribution >= 4 is 46.5 Å². The lowest BCUT2D eigenvalue weighted by molar-refractivity contribution is -0.111. The predicted molar refractivity (Wildman–Crippen MR) is 59.7 cm³/mol. The maximum absolute atomic E-state index is 11.1. The third-order valence-electron chi connectivity index (χ3n) is 2.33. The van der Waals surface area contributed by atoms with Gasteiger partial charge in [-0.25, -0.2) is 4.99 Å². The first-order valence-corrected chi connectivity index (χ1v) is 5.83. The average Bonchev–Trinajstić information content (AvgIpc) is 2.45. The van der Waals surface area contributed by atoms with Crippen LogP contribution >= 0.6 is 35.0 Å². The standard InChI is InChI=1S/C8H8Cl2N2OS/c1-3-4-6(9)11-2-12-8(4)14-5(3)7(10)13/h2-3,5-6H,1H3,(H,11,12). The van der Waals surface area contributed by atoms with Gasteiger partial charge < -0.3 is 5.32 Å². The molecule has 0 bridgehead atoms. The van der Waals surface area contributed by atoms with Gasteiger partial charge in [0.25, 0.3) is 0 Å². The number of rotatable bonds is 1. The maximum atomic E-state index is 11.1. The second-order valence-corrected chi connectivity index (χ2v) is 5.12. The zero-order valence-electron chi connectivity index (χ0n) is 7.33. The van der Waals surface area contributed by atoms with Gasteiger partial charge in [-0.1, -0.05) is 30.3 Å². The van der Waals surface area contributed by atoms with Crippen LogP contribution in [0.25, 0.3) is 0 Å². The van der Waals surface area contributed by atoms with E-state index in [1.807, 2.05) is 6.92 Å². The molecule has 2 heterocycles. The summed E-state index contributed by atoms with van der Waals surface area (Å²) in [6.45, 7) is 1.94. The van der Waals surface area contributed by atoms with Gasteiger partial charge in [0.15, 0.2) is 0 Å². The lowest BCUT2D eigenvalue weighted by atomic mass is 9.98. The SMILES string of the molecule is CC1C2=C(N=CNC2Cl)SC1C(=O)Cl. The van der Waals surface area contributed by atoms with Gasteiger partial charge in [0, 0.05) is 11.5 Å². The first-order valence-electron chi connectivity index (χ1n) is 4.14. The van der Waals surface area contributed by atoms with Crippen molar-refractivity contribution in [2.45, 2.75) is 17.7 Å². The zero-order chi connectivity index (χ0) is 10.3. The fourth-order valence-corrected chi connectivity index (χ4v) is 3.57. The summed E-state index contributed by atoms with van der Waals surface area (Å²) >= 11 is 12.9. The Hall–Kier alpha value is -0.190. The molecule has 0 aliphatic carbocycles. The van der Waals surface area contributed by atoms with Gasteiger partial charge in [-0.3, -0.25) is 4.79 Å². The number of hydrogen-bond acceptors (Lipinski definition) is 4. The maximum Gasteiger partial charge on any atom is 0.235 e. The second kappa shape index (κ2) is 3.76. The van der Waals surface area contributed by atoms with Crippen molar-refractivity contribution in [3.63, 3.8) is 0 Å². The van der Waals surface area contributed by atoms with Crippen LogP contribution in [0.1, 0.15) is 6.92 Å². The molecule has 2 rings (SSSR count). The summed E-state index contributed by atoms with van der Waals surface area (Å²) in [5, 5.41) is 3.13. The van der Waals surface area contributed by atoms with Crippen LogP contribution in [0.15, 0.2) is 15.6 Å². The molecule has 0 aromatic heterocycles. The molecule has 0 amide bonds. The minimum Gasteiger partial charge on any atom is -0.357 e. The fraction of sp³-hybridized carbons (Fsp3) is 0.500. The number of halogens is 2. The van der Waals surface area contributed by atoms with E-state index in [0.717, 1.165) is 10.6 Å². The monoisotopic (exact) mass is 250 g/mol. The van der Waals surface area contributed by atoms with Gasteiger partial charge in [-0.2, -0.15) is 0 Å². The first kappa shape index (κ1) is 10.3. The smallest absolute Gasteiger partial charge is 0.235 e. The molecule has 0 aromatic carbocycles. The molecular weight excluding hydrogens is 243 g/mol. The van der Waals surface area contributed by atoms with Crippen LogP contribution in [0.2, 0.25) is 0 Å². The number of carbonyl (C=O) groups excluding carboxylic acids is 1.